The van der Waals surface area contributed by atoms with Gasteiger partial charge >= 0.3 is 12.1 Å². The summed E-state index contributed by atoms with van der Waals surface area (Å²) >= 11 is 0. The third-order valence-corrected chi connectivity index (χ3v) is 1.71. The molecular weight excluding hydrogens is 246 g/mol. The summed E-state index contributed by atoms with van der Waals surface area (Å²) in [6.07, 6.45) is -5.53. The van der Waals surface area contributed by atoms with Gasteiger partial charge in [-0.3, -0.25) is 5.32 Å². The van der Waals surface area contributed by atoms with Crippen molar-refractivity contribution in [2.24, 2.45) is 0 Å². The van der Waals surface area contributed by atoms with E-state index in [9.17, 15) is 9.59 Å². The molecule has 0 fully saturated rings. The maximum absolute atomic E-state index is 11.1. The van der Waals surface area contributed by atoms with Gasteiger partial charge in [0.2, 0.25) is 6.29 Å². The Bertz CT molecular complexity index is 317. The Kier molecular flexibility index (Phi) is 6.94. The number of carbonyl (C=O) groups is 2. The molecule has 104 valence electrons. The van der Waals surface area contributed by atoms with Gasteiger partial charge in [0.15, 0.2) is 6.23 Å². The van der Waals surface area contributed by atoms with Crippen LogP contribution in [0.2, 0.25) is 0 Å². The summed E-state index contributed by atoms with van der Waals surface area (Å²) in [7, 11) is 0. The van der Waals surface area contributed by atoms with Gasteiger partial charge < -0.3 is 24.8 Å². The molecule has 8 nitrogen and oxygen atoms in total. The Labute approximate surface area is 104 Å². The summed E-state index contributed by atoms with van der Waals surface area (Å²) in [4.78, 5) is 22.2. The Morgan fingerprint density at radius 3 is 2.33 bits per heavy atom. The Morgan fingerprint density at radius 1 is 1.33 bits per heavy atom. The lowest BCUT2D eigenvalue weighted by Gasteiger charge is -2.19. The smallest absolute Gasteiger partial charge is 0.412 e. The molecule has 0 bridgehead atoms. The topological polar surface area (TPSA) is 125 Å². The highest BCUT2D eigenvalue weighted by Gasteiger charge is 2.20. The number of amides is 1. The molecule has 0 saturated carbocycles. The van der Waals surface area contributed by atoms with Crippen LogP contribution < -0.4 is 5.32 Å². The highest BCUT2D eigenvalue weighted by atomic mass is 16.7. The highest BCUT2D eigenvalue weighted by Crippen LogP contribution is 2.00. The Morgan fingerprint density at radius 2 is 1.89 bits per heavy atom. The largest absolute Gasteiger partial charge is 0.422 e. The van der Waals surface area contributed by atoms with Crippen LogP contribution in [-0.4, -0.2) is 52.6 Å². The summed E-state index contributed by atoms with van der Waals surface area (Å²) in [5, 5.41) is 28.4. The van der Waals surface area contributed by atoms with Crippen molar-refractivity contribution in [3.8, 4) is 0 Å². The molecule has 3 atom stereocenters. The van der Waals surface area contributed by atoms with Gasteiger partial charge in [0, 0.05) is 12.5 Å². The standard InChI is InChI=1S/C10H17NO7/c1-5(2)9(15)17-6(3)18-10(16)11-8(14)7(13)4-12/h6-8,12-14H,1,4H2,2-3H3,(H,11,16). The second kappa shape index (κ2) is 7.64. The minimum atomic E-state index is -1.69. The first-order valence-electron chi connectivity index (χ1n) is 5.08. The molecule has 0 aromatic heterocycles. The van der Waals surface area contributed by atoms with Crippen molar-refractivity contribution >= 4 is 12.1 Å². The van der Waals surface area contributed by atoms with Crippen LogP contribution in [0.1, 0.15) is 13.8 Å². The van der Waals surface area contributed by atoms with E-state index in [1.165, 1.54) is 13.8 Å². The first-order chi connectivity index (χ1) is 8.27. The van der Waals surface area contributed by atoms with E-state index >= 15 is 0 Å². The van der Waals surface area contributed by atoms with Crippen molar-refractivity contribution in [2.45, 2.75) is 32.5 Å². The van der Waals surface area contributed by atoms with Crippen LogP contribution in [-0.2, 0) is 14.3 Å². The number of hydrogen-bond donors (Lipinski definition) is 4. The fourth-order valence-electron chi connectivity index (χ4n) is 0.777. The molecule has 0 aliphatic rings. The molecule has 3 unspecified atom stereocenters. The average Bonchev–Trinajstić information content (AvgIpc) is 2.26. The zero-order valence-corrected chi connectivity index (χ0v) is 10.1. The van der Waals surface area contributed by atoms with Crippen LogP contribution in [0.15, 0.2) is 12.2 Å². The third-order valence-electron chi connectivity index (χ3n) is 1.71. The average molecular weight is 263 g/mol. The molecule has 0 aromatic rings. The Hall–Kier alpha value is -1.64. The quantitative estimate of drug-likeness (QED) is 0.271. The molecule has 0 rings (SSSR count). The van der Waals surface area contributed by atoms with E-state index in [0.29, 0.717) is 0 Å². The first kappa shape index (κ1) is 16.4. The summed E-state index contributed by atoms with van der Waals surface area (Å²) in [5.74, 6) is -0.730. The van der Waals surface area contributed by atoms with Gasteiger partial charge in [0.1, 0.15) is 6.10 Å². The number of nitrogens with one attached hydrogen (secondary N) is 1. The molecule has 0 aliphatic carbocycles. The van der Waals surface area contributed by atoms with Gasteiger partial charge in [-0.2, -0.15) is 0 Å². The monoisotopic (exact) mass is 263 g/mol. The Balaban J connectivity index is 4.08. The van der Waals surface area contributed by atoms with Gasteiger partial charge in [-0.1, -0.05) is 6.58 Å². The summed E-state index contributed by atoms with van der Waals surface area (Å²) in [6, 6.07) is 0. The predicted molar refractivity (Wildman–Crippen MR) is 59.1 cm³/mol. The minimum Gasteiger partial charge on any atom is -0.422 e. The number of rotatable bonds is 6. The van der Waals surface area contributed by atoms with Gasteiger partial charge in [-0.05, 0) is 6.92 Å². The van der Waals surface area contributed by atoms with Crippen LogP contribution in [0.25, 0.3) is 0 Å². The predicted octanol–water partition coefficient (Wildman–Crippen LogP) is -1.15. The molecule has 4 N–H and O–H groups in total. The van der Waals surface area contributed by atoms with E-state index in [-0.39, 0.29) is 5.57 Å². The molecular formula is C10H17NO7. The van der Waals surface area contributed by atoms with E-state index in [1.54, 1.807) is 0 Å². The van der Waals surface area contributed by atoms with Gasteiger partial charge in [-0.15, -0.1) is 0 Å². The van der Waals surface area contributed by atoms with Crippen molar-refractivity contribution in [3.05, 3.63) is 12.2 Å². The summed E-state index contributed by atoms with van der Waals surface area (Å²) in [5.41, 5.74) is 0.140. The lowest BCUT2D eigenvalue weighted by Crippen LogP contribution is -2.45. The molecule has 0 aliphatic heterocycles. The van der Waals surface area contributed by atoms with Crippen LogP contribution in [0, 0.1) is 0 Å². The minimum absolute atomic E-state index is 0.140. The van der Waals surface area contributed by atoms with Crippen molar-refractivity contribution in [2.75, 3.05) is 6.61 Å². The van der Waals surface area contributed by atoms with Crippen molar-refractivity contribution in [3.63, 3.8) is 0 Å². The molecule has 0 spiro atoms. The second-order valence-corrected chi connectivity index (χ2v) is 3.50. The molecule has 1 amide bonds. The van der Waals surface area contributed by atoms with Crippen LogP contribution >= 0.6 is 0 Å². The SMILES string of the molecule is C=C(C)C(=O)OC(C)OC(=O)NC(O)C(O)CO. The fourth-order valence-corrected chi connectivity index (χ4v) is 0.777. The maximum atomic E-state index is 11.1. The van der Waals surface area contributed by atoms with Gasteiger partial charge in [-0.25, -0.2) is 9.59 Å². The molecule has 0 aromatic carbocycles. The van der Waals surface area contributed by atoms with Crippen LogP contribution in [0.5, 0.6) is 0 Å². The molecule has 0 radical (unpaired) electrons. The normalized spacial score (nSPS) is 15.2. The zero-order chi connectivity index (χ0) is 14.3. The van der Waals surface area contributed by atoms with E-state index in [2.05, 4.69) is 16.1 Å². The number of hydrogen-bond acceptors (Lipinski definition) is 7. The van der Waals surface area contributed by atoms with Crippen LogP contribution in [0.4, 0.5) is 4.79 Å². The number of carbonyl (C=O) groups excluding carboxylic acids is 2. The van der Waals surface area contributed by atoms with Gasteiger partial charge in [0.05, 0.1) is 6.61 Å². The lowest BCUT2D eigenvalue weighted by atomic mass is 10.3. The molecule has 18 heavy (non-hydrogen) atoms. The third kappa shape index (κ3) is 6.18. The van der Waals surface area contributed by atoms with Gasteiger partial charge in [0.25, 0.3) is 0 Å². The number of aliphatic hydroxyl groups is 3. The zero-order valence-electron chi connectivity index (χ0n) is 10.1. The van der Waals surface area contributed by atoms with Crippen molar-refractivity contribution < 1.29 is 34.4 Å². The maximum Gasteiger partial charge on any atom is 0.412 e. The van der Waals surface area contributed by atoms with Crippen molar-refractivity contribution in [1.82, 2.24) is 5.32 Å². The van der Waals surface area contributed by atoms with E-state index in [0.717, 1.165) is 0 Å². The van der Waals surface area contributed by atoms with Crippen molar-refractivity contribution in [1.29, 1.82) is 0 Å². The molecule has 0 saturated heterocycles. The molecule has 0 heterocycles. The highest BCUT2D eigenvalue weighted by molar-refractivity contribution is 5.87. The first-order valence-corrected chi connectivity index (χ1v) is 5.08. The van der Waals surface area contributed by atoms with Crippen LogP contribution in [0.3, 0.4) is 0 Å². The fraction of sp³-hybridized carbons (Fsp3) is 0.600. The van der Waals surface area contributed by atoms with E-state index < -0.39 is 37.3 Å². The lowest BCUT2D eigenvalue weighted by molar-refractivity contribution is -0.160. The van der Waals surface area contributed by atoms with E-state index in [1.807, 2.05) is 5.32 Å². The number of esters is 1. The van der Waals surface area contributed by atoms with E-state index in [4.69, 9.17) is 15.3 Å². The molecule has 8 heteroatoms. The summed E-state index contributed by atoms with van der Waals surface area (Å²) < 4.78 is 9.19. The number of aliphatic hydroxyl groups excluding tert-OH is 3. The second-order valence-electron chi connectivity index (χ2n) is 3.50. The summed E-state index contributed by atoms with van der Waals surface area (Å²) in [6.45, 7) is 5.32. The number of ether oxygens (including phenoxy) is 2. The number of alkyl carbamates (subject to hydrolysis) is 1.